The fourth-order valence-electron chi connectivity index (χ4n) is 3.85. The molecule has 0 spiro atoms. The molecule has 0 bridgehead atoms. The normalized spacial score (nSPS) is 15.5. The number of halogens is 2. The van der Waals surface area contributed by atoms with Crippen LogP contribution >= 0.6 is 0 Å². The number of rotatable bonds is 9. The number of alkyl halides is 2. The number of morpholine rings is 1. The van der Waals surface area contributed by atoms with Crippen molar-refractivity contribution >= 4 is 12.1 Å². The molecule has 2 aromatic carbocycles. The van der Waals surface area contributed by atoms with E-state index in [4.69, 9.17) is 9.15 Å². The Morgan fingerprint density at radius 1 is 1.11 bits per heavy atom. The average molecular weight is 484 g/mol. The largest absolute Gasteiger partial charge is 0.415 e. The number of hydrogen-bond acceptors (Lipinski definition) is 7. The van der Waals surface area contributed by atoms with Crippen molar-refractivity contribution in [2.24, 2.45) is 5.10 Å². The van der Waals surface area contributed by atoms with Crippen molar-refractivity contribution < 1.29 is 22.7 Å². The molecule has 3 aromatic rings. The zero-order valence-corrected chi connectivity index (χ0v) is 19.4. The fraction of sp³-hybridized carbons (Fsp3) is 0.360. The lowest BCUT2D eigenvalue weighted by Gasteiger charge is -2.35. The van der Waals surface area contributed by atoms with Crippen LogP contribution in [0.3, 0.4) is 0 Å². The molecule has 0 saturated carbocycles. The monoisotopic (exact) mass is 483 g/mol. The smallest absolute Gasteiger partial charge is 0.314 e. The summed E-state index contributed by atoms with van der Waals surface area (Å²) in [6.45, 7) is 4.96. The molecule has 1 fully saturated rings. The summed E-state index contributed by atoms with van der Waals surface area (Å²) in [4.78, 5) is 15.8. The number of aromatic nitrogens is 2. The molecule has 35 heavy (non-hydrogen) atoms. The first kappa shape index (κ1) is 24.6. The second-order valence-electron chi connectivity index (χ2n) is 8.04. The maximum atomic E-state index is 13.7. The van der Waals surface area contributed by atoms with E-state index >= 15 is 0 Å². The number of carbonyl (C=O) groups excluding carboxylic acids is 1. The summed E-state index contributed by atoms with van der Waals surface area (Å²) in [6.07, 6.45) is -0.463. The van der Waals surface area contributed by atoms with E-state index in [-0.39, 0.29) is 11.8 Å². The quantitative estimate of drug-likeness (QED) is 0.333. The van der Waals surface area contributed by atoms with Gasteiger partial charge >= 0.3 is 6.43 Å². The molecule has 0 aliphatic carbocycles. The standard InChI is InChI=1S/C25H27F2N5O3/c1-2-12-32(25(33)21(19-6-4-3-5-7-19)31-13-15-34-16-14-31)28-17-18-8-10-20(11-9-18)23-29-30-24(35-23)22(26)27/h3-11,17,21-22H,2,12-16H2,1H3/b28-17+/t21-/m1/s1. The Balaban J connectivity index is 1.52. The second kappa shape index (κ2) is 11.8. The molecule has 0 radical (unpaired) electrons. The lowest BCUT2D eigenvalue weighted by molar-refractivity contribution is -0.139. The van der Waals surface area contributed by atoms with E-state index in [1.165, 1.54) is 5.01 Å². The molecule has 4 rings (SSSR count). The third kappa shape index (κ3) is 6.14. The van der Waals surface area contributed by atoms with Crippen molar-refractivity contribution in [1.82, 2.24) is 20.1 Å². The highest BCUT2D eigenvalue weighted by Gasteiger charge is 2.32. The number of ether oxygens (including phenoxy) is 1. The third-order valence-corrected chi connectivity index (χ3v) is 5.58. The Bertz CT molecular complexity index is 1120. The highest BCUT2D eigenvalue weighted by molar-refractivity contribution is 5.86. The Kier molecular flexibility index (Phi) is 8.27. The molecule has 10 heteroatoms. The summed E-state index contributed by atoms with van der Waals surface area (Å²) < 4.78 is 35.9. The van der Waals surface area contributed by atoms with Gasteiger partial charge in [-0.2, -0.15) is 13.9 Å². The molecule has 184 valence electrons. The Morgan fingerprint density at radius 2 is 1.83 bits per heavy atom. The highest BCUT2D eigenvalue weighted by Crippen LogP contribution is 2.25. The molecule has 1 aliphatic heterocycles. The summed E-state index contributed by atoms with van der Waals surface area (Å²) >= 11 is 0. The number of hydrazone groups is 1. The SMILES string of the molecule is CCCN(/N=C/c1ccc(-c2nnc(C(F)F)o2)cc1)C(=O)[C@@H](c1ccccc1)N1CCOCC1. The van der Waals surface area contributed by atoms with Gasteiger partial charge in [0, 0.05) is 25.2 Å². The van der Waals surface area contributed by atoms with Gasteiger partial charge in [-0.25, -0.2) is 5.01 Å². The van der Waals surface area contributed by atoms with E-state index < -0.39 is 18.4 Å². The van der Waals surface area contributed by atoms with Gasteiger partial charge in [0.25, 0.3) is 11.8 Å². The summed E-state index contributed by atoms with van der Waals surface area (Å²) in [5.74, 6) is -0.798. The molecular formula is C25H27F2N5O3. The summed E-state index contributed by atoms with van der Waals surface area (Å²) in [6, 6.07) is 16.1. The van der Waals surface area contributed by atoms with Gasteiger partial charge in [0.05, 0.1) is 19.4 Å². The fourth-order valence-corrected chi connectivity index (χ4v) is 3.85. The Labute approximate surface area is 202 Å². The summed E-state index contributed by atoms with van der Waals surface area (Å²) in [7, 11) is 0. The first-order chi connectivity index (χ1) is 17.1. The molecule has 1 amide bonds. The zero-order valence-electron chi connectivity index (χ0n) is 19.4. The van der Waals surface area contributed by atoms with Gasteiger partial charge in [-0.3, -0.25) is 9.69 Å². The average Bonchev–Trinajstić information content (AvgIpc) is 3.39. The van der Waals surface area contributed by atoms with E-state index in [1.54, 1.807) is 30.5 Å². The van der Waals surface area contributed by atoms with Crippen LogP contribution in [0.2, 0.25) is 0 Å². The number of hydrogen-bond donors (Lipinski definition) is 0. The van der Waals surface area contributed by atoms with E-state index in [0.29, 0.717) is 38.4 Å². The van der Waals surface area contributed by atoms with Crippen LogP contribution in [0.25, 0.3) is 11.5 Å². The van der Waals surface area contributed by atoms with E-state index in [9.17, 15) is 13.6 Å². The molecule has 8 nitrogen and oxygen atoms in total. The van der Waals surface area contributed by atoms with Crippen molar-refractivity contribution in [3.05, 3.63) is 71.6 Å². The lowest BCUT2D eigenvalue weighted by Crippen LogP contribution is -2.46. The van der Waals surface area contributed by atoms with Crippen molar-refractivity contribution in [1.29, 1.82) is 0 Å². The minimum atomic E-state index is -2.82. The van der Waals surface area contributed by atoms with Gasteiger partial charge in [-0.1, -0.05) is 49.4 Å². The molecular weight excluding hydrogens is 456 g/mol. The van der Waals surface area contributed by atoms with Crippen molar-refractivity contribution in [2.45, 2.75) is 25.8 Å². The number of benzene rings is 2. The van der Waals surface area contributed by atoms with Gasteiger partial charge in [0.1, 0.15) is 6.04 Å². The molecule has 1 aliphatic rings. The first-order valence-corrected chi connectivity index (χ1v) is 11.5. The molecule has 1 atom stereocenters. The maximum Gasteiger partial charge on any atom is 0.314 e. The van der Waals surface area contributed by atoms with Crippen molar-refractivity contribution in [3.8, 4) is 11.5 Å². The van der Waals surface area contributed by atoms with Crippen LogP contribution in [0.5, 0.6) is 0 Å². The minimum Gasteiger partial charge on any atom is -0.415 e. The number of nitrogens with zero attached hydrogens (tertiary/aromatic N) is 5. The topological polar surface area (TPSA) is 84.1 Å². The first-order valence-electron chi connectivity index (χ1n) is 11.5. The van der Waals surface area contributed by atoms with Gasteiger partial charge < -0.3 is 9.15 Å². The van der Waals surface area contributed by atoms with Crippen LogP contribution in [0.1, 0.15) is 42.8 Å². The van der Waals surface area contributed by atoms with Gasteiger partial charge in [-0.05, 0) is 29.7 Å². The zero-order chi connectivity index (χ0) is 24.6. The minimum absolute atomic E-state index is 0.0165. The summed E-state index contributed by atoms with van der Waals surface area (Å²) in [5.41, 5.74) is 2.17. The van der Waals surface area contributed by atoms with Crippen LogP contribution in [-0.4, -0.2) is 65.1 Å². The predicted molar refractivity (Wildman–Crippen MR) is 126 cm³/mol. The molecule has 0 unspecified atom stereocenters. The van der Waals surface area contributed by atoms with Crippen molar-refractivity contribution in [3.63, 3.8) is 0 Å². The second-order valence-corrected chi connectivity index (χ2v) is 8.04. The van der Waals surface area contributed by atoms with Crippen LogP contribution < -0.4 is 0 Å². The molecule has 1 saturated heterocycles. The Hall–Kier alpha value is -3.50. The van der Waals surface area contributed by atoms with E-state index in [2.05, 4.69) is 20.2 Å². The number of carbonyl (C=O) groups is 1. The molecule has 2 heterocycles. The maximum absolute atomic E-state index is 13.7. The van der Waals surface area contributed by atoms with Crippen LogP contribution in [0.4, 0.5) is 8.78 Å². The van der Waals surface area contributed by atoms with Gasteiger partial charge in [0.15, 0.2) is 0 Å². The van der Waals surface area contributed by atoms with E-state index in [0.717, 1.165) is 17.5 Å². The van der Waals surface area contributed by atoms with E-state index in [1.807, 2.05) is 37.3 Å². The third-order valence-electron chi connectivity index (χ3n) is 5.58. The van der Waals surface area contributed by atoms with Crippen LogP contribution in [0, 0.1) is 0 Å². The van der Waals surface area contributed by atoms with Crippen molar-refractivity contribution in [2.75, 3.05) is 32.8 Å². The highest BCUT2D eigenvalue weighted by atomic mass is 19.3. The summed E-state index contributed by atoms with van der Waals surface area (Å²) in [5, 5.41) is 13.0. The van der Waals surface area contributed by atoms with Crippen LogP contribution in [-0.2, 0) is 9.53 Å². The predicted octanol–water partition coefficient (Wildman–Crippen LogP) is 4.32. The van der Waals surface area contributed by atoms with Gasteiger partial charge in [0.2, 0.25) is 5.89 Å². The Morgan fingerprint density at radius 3 is 2.46 bits per heavy atom. The number of amides is 1. The molecule has 0 N–H and O–H groups in total. The van der Waals surface area contributed by atoms with Crippen LogP contribution in [0.15, 0.2) is 64.1 Å². The molecule has 1 aromatic heterocycles. The lowest BCUT2D eigenvalue weighted by atomic mass is 10.0. The van der Waals surface area contributed by atoms with Gasteiger partial charge in [-0.15, -0.1) is 10.2 Å².